The molecule has 0 unspecified atom stereocenters. The number of carbonyl (C=O) groups excluding carboxylic acids is 1. The van der Waals surface area contributed by atoms with E-state index in [1.807, 2.05) is 26.0 Å². The number of benzene rings is 4. The Hall–Kier alpha value is -6.95. The van der Waals surface area contributed by atoms with Crippen LogP contribution in [0.4, 0.5) is 20.3 Å². The van der Waals surface area contributed by atoms with Crippen LogP contribution in [0.5, 0.6) is 23.0 Å². The molecule has 63 heavy (non-hydrogen) atoms. The van der Waals surface area contributed by atoms with E-state index < -0.39 is 23.2 Å². The van der Waals surface area contributed by atoms with Crippen LogP contribution in [0.15, 0.2) is 79.5 Å². The molecule has 2 N–H and O–H groups in total. The summed E-state index contributed by atoms with van der Waals surface area (Å²) in [6.45, 7) is 1.54. The van der Waals surface area contributed by atoms with Crippen molar-refractivity contribution in [2.75, 3.05) is 72.9 Å². The van der Waals surface area contributed by atoms with E-state index in [4.69, 9.17) is 47.1 Å². The van der Waals surface area contributed by atoms with Crippen molar-refractivity contribution in [3.8, 4) is 45.3 Å². The summed E-state index contributed by atoms with van der Waals surface area (Å²) >= 11 is 13.5. The smallest absolute Gasteiger partial charge is 0.337 e. The number of nitrogens with one attached hydrogen (secondary N) is 1. The van der Waals surface area contributed by atoms with Crippen molar-refractivity contribution < 1.29 is 42.4 Å². The Kier molecular flexibility index (Phi) is 14.3. The SMILES string of the molecule is COc1cc(OC)c(Cl)c(-c2ccc(C(=O)Nc3cccnc3)c3ncc(N(C)CCN(C)C)nc23)c1Cl.COc1cc(OC)c(F)c(-c2ccc(C(=O)O)c3nccnc23)c1F. The van der Waals surface area contributed by atoms with Crippen LogP contribution in [0.2, 0.25) is 10.0 Å². The van der Waals surface area contributed by atoms with Gasteiger partial charge in [0.15, 0.2) is 23.1 Å². The maximum absolute atomic E-state index is 14.7. The number of pyridine rings is 1. The third-order valence-electron chi connectivity index (χ3n) is 9.67. The van der Waals surface area contributed by atoms with Crippen molar-refractivity contribution >= 4 is 68.7 Å². The number of carboxylic acid groups (broad SMARTS) is 1. The van der Waals surface area contributed by atoms with Gasteiger partial charge in [-0.3, -0.25) is 19.7 Å². The van der Waals surface area contributed by atoms with Gasteiger partial charge in [-0.1, -0.05) is 35.3 Å². The zero-order chi connectivity index (χ0) is 45.5. The molecule has 3 heterocycles. The molecule has 0 aliphatic carbocycles. The van der Waals surface area contributed by atoms with E-state index in [0.29, 0.717) is 60.8 Å². The molecule has 0 atom stereocenters. The minimum absolute atomic E-state index is 0.0214. The number of hydrogen-bond acceptors (Lipinski definition) is 13. The van der Waals surface area contributed by atoms with Gasteiger partial charge in [0, 0.05) is 67.6 Å². The Morgan fingerprint density at radius 1 is 0.683 bits per heavy atom. The first-order valence-electron chi connectivity index (χ1n) is 18.8. The zero-order valence-corrected chi connectivity index (χ0v) is 36.5. The number of methoxy groups -OCH3 is 4. The summed E-state index contributed by atoms with van der Waals surface area (Å²) < 4.78 is 50.3. The molecule has 0 radical (unpaired) electrons. The Morgan fingerprint density at radius 2 is 1.24 bits per heavy atom. The maximum Gasteiger partial charge on any atom is 0.337 e. The molecule has 4 aromatic carbocycles. The van der Waals surface area contributed by atoms with Crippen LogP contribution >= 0.6 is 23.2 Å². The fourth-order valence-electron chi connectivity index (χ4n) is 6.43. The number of aromatic carboxylic acids is 1. The van der Waals surface area contributed by atoms with Crippen LogP contribution in [-0.2, 0) is 0 Å². The van der Waals surface area contributed by atoms with Crippen LogP contribution in [0, 0.1) is 11.6 Å². The second-order valence-electron chi connectivity index (χ2n) is 13.8. The van der Waals surface area contributed by atoms with E-state index in [1.165, 1.54) is 53.0 Å². The lowest BCUT2D eigenvalue weighted by molar-refractivity contribution is 0.0698. The van der Waals surface area contributed by atoms with Crippen LogP contribution in [-0.4, -0.2) is 109 Å². The summed E-state index contributed by atoms with van der Waals surface area (Å²) in [5.74, 6) is -2.48. The average Bonchev–Trinajstić information content (AvgIpc) is 3.28. The number of aromatic nitrogens is 5. The highest BCUT2D eigenvalue weighted by Crippen LogP contribution is 2.48. The van der Waals surface area contributed by atoms with Gasteiger partial charge in [0.05, 0.1) is 84.3 Å². The van der Waals surface area contributed by atoms with Gasteiger partial charge in [-0.25, -0.2) is 23.5 Å². The molecular weight excluding hydrogens is 861 g/mol. The molecule has 19 heteroatoms. The molecule has 3 aromatic heterocycles. The first kappa shape index (κ1) is 45.6. The van der Waals surface area contributed by atoms with Gasteiger partial charge in [-0.05, 0) is 38.4 Å². The number of fused-ring (bicyclic) bond motifs is 2. The molecule has 7 aromatic rings. The summed E-state index contributed by atoms with van der Waals surface area (Å²) in [7, 11) is 11.5. The van der Waals surface area contributed by atoms with Gasteiger partial charge in [0.2, 0.25) is 0 Å². The van der Waals surface area contributed by atoms with Gasteiger partial charge in [0.25, 0.3) is 5.91 Å². The number of carboxylic acids is 1. The van der Waals surface area contributed by atoms with Gasteiger partial charge in [-0.2, -0.15) is 0 Å². The number of carbonyl (C=O) groups is 2. The molecule has 0 fully saturated rings. The number of halogens is 4. The second kappa shape index (κ2) is 19.8. The first-order chi connectivity index (χ1) is 30.2. The predicted octanol–water partition coefficient (Wildman–Crippen LogP) is 8.56. The predicted molar refractivity (Wildman–Crippen MR) is 237 cm³/mol. The Morgan fingerprint density at radius 3 is 1.79 bits per heavy atom. The summed E-state index contributed by atoms with van der Waals surface area (Å²) in [6, 6.07) is 12.1. The fourth-order valence-corrected chi connectivity index (χ4v) is 7.14. The molecule has 0 aliphatic rings. The number of likely N-dealkylation sites (N-methyl/N-ethyl adjacent to an activating group) is 2. The van der Waals surface area contributed by atoms with Crippen molar-refractivity contribution in [2.24, 2.45) is 0 Å². The molecular formula is C44H40Cl2F2N8O7. The van der Waals surface area contributed by atoms with Gasteiger partial charge < -0.3 is 39.2 Å². The monoisotopic (exact) mass is 900 g/mol. The number of anilines is 2. The standard InChI is InChI=1S/C27H28Cl2N6O3.C17H12F2N2O4/c1-34(2)11-12-35(3)21-15-31-25-18(27(36)32-16-7-6-10-30-14-16)9-8-17(26(25)33-21)22-23(28)19(37-4)13-20(38-5)24(22)29;1-24-10-7-11(25-2)14(19)12(13(10)18)8-3-4-9(17(22)23)16-15(8)20-5-6-21-16/h6-10,13-15H,11-12H2,1-5H3,(H,32,36);3-7H,1-2H3,(H,22,23). The van der Waals surface area contributed by atoms with E-state index >= 15 is 0 Å². The largest absolute Gasteiger partial charge is 0.495 e. The molecule has 0 saturated heterocycles. The number of nitrogens with zero attached hydrogens (tertiary/aromatic N) is 7. The first-order valence-corrected chi connectivity index (χ1v) is 19.5. The Bertz CT molecular complexity index is 2780. The van der Waals surface area contributed by atoms with E-state index in [0.717, 1.165) is 19.2 Å². The molecule has 0 spiro atoms. The Balaban J connectivity index is 0.000000228. The van der Waals surface area contributed by atoms with Crippen LogP contribution < -0.4 is 29.2 Å². The van der Waals surface area contributed by atoms with Crippen LogP contribution in [0.1, 0.15) is 20.7 Å². The fraction of sp³-hybridized carbons (Fsp3) is 0.205. The number of rotatable bonds is 13. The number of amides is 1. The van der Waals surface area contributed by atoms with Crippen molar-refractivity contribution in [1.29, 1.82) is 0 Å². The molecule has 15 nitrogen and oxygen atoms in total. The van der Waals surface area contributed by atoms with E-state index in [1.54, 1.807) is 48.9 Å². The van der Waals surface area contributed by atoms with E-state index in [2.05, 4.69) is 30.2 Å². The third-order valence-corrected chi connectivity index (χ3v) is 10.4. The van der Waals surface area contributed by atoms with Crippen molar-refractivity contribution in [3.05, 3.63) is 112 Å². The molecule has 0 aliphatic heterocycles. The zero-order valence-electron chi connectivity index (χ0n) is 35.0. The molecule has 0 bridgehead atoms. The summed E-state index contributed by atoms with van der Waals surface area (Å²) in [5.41, 5.74) is 2.36. The average molecular weight is 902 g/mol. The lowest BCUT2D eigenvalue weighted by Gasteiger charge is -2.21. The minimum atomic E-state index is -1.22. The van der Waals surface area contributed by atoms with E-state index in [-0.39, 0.29) is 39.6 Å². The van der Waals surface area contributed by atoms with Gasteiger partial charge in [0.1, 0.15) is 28.4 Å². The summed E-state index contributed by atoms with van der Waals surface area (Å²) in [4.78, 5) is 50.4. The lowest BCUT2D eigenvalue weighted by atomic mass is 9.99. The molecule has 326 valence electrons. The summed E-state index contributed by atoms with van der Waals surface area (Å²) in [6.07, 6.45) is 7.47. The molecule has 0 saturated carbocycles. The quantitative estimate of drug-likeness (QED) is 0.113. The van der Waals surface area contributed by atoms with Gasteiger partial charge in [-0.15, -0.1) is 0 Å². The highest BCUT2D eigenvalue weighted by atomic mass is 35.5. The minimum Gasteiger partial charge on any atom is -0.495 e. The molecule has 7 rings (SSSR count). The van der Waals surface area contributed by atoms with E-state index in [9.17, 15) is 23.5 Å². The van der Waals surface area contributed by atoms with Crippen LogP contribution in [0.3, 0.4) is 0 Å². The lowest BCUT2D eigenvalue weighted by Crippen LogP contribution is -2.29. The normalized spacial score (nSPS) is 10.9. The third kappa shape index (κ3) is 9.45. The maximum atomic E-state index is 14.7. The molecule has 1 amide bonds. The van der Waals surface area contributed by atoms with Crippen molar-refractivity contribution in [2.45, 2.75) is 0 Å². The highest BCUT2D eigenvalue weighted by molar-refractivity contribution is 6.41. The number of hydrogen-bond donors (Lipinski definition) is 2. The van der Waals surface area contributed by atoms with Crippen molar-refractivity contribution in [3.63, 3.8) is 0 Å². The highest BCUT2D eigenvalue weighted by Gasteiger charge is 2.26. The Labute approximate surface area is 370 Å². The number of ether oxygens (including phenoxy) is 4. The summed E-state index contributed by atoms with van der Waals surface area (Å²) in [5, 5.41) is 12.7. The topological polar surface area (TPSA) is 174 Å². The van der Waals surface area contributed by atoms with Gasteiger partial charge >= 0.3 is 5.97 Å². The van der Waals surface area contributed by atoms with Crippen LogP contribution in [0.25, 0.3) is 44.3 Å². The van der Waals surface area contributed by atoms with Crippen molar-refractivity contribution in [1.82, 2.24) is 29.8 Å². The second-order valence-corrected chi connectivity index (χ2v) is 14.6.